The number of rotatable bonds is 33. The average molecular weight is 1810 g/mol. The number of primary amides is 2. The fourth-order valence-electron chi connectivity index (χ4n) is 14.6. The van der Waals surface area contributed by atoms with Crippen LogP contribution < -0.4 is 91.2 Å². The number of aliphatic hydroxyl groups excluding tert-OH is 1. The number of aliphatic hydroxyl groups is 1. The fraction of sp³-hybridized carbons (Fsp3) is 0.567. The third-order valence-electron chi connectivity index (χ3n) is 22.3. The molecule has 2 bridgehead atoms. The minimum Gasteiger partial charge on any atom is -0.508 e. The van der Waals surface area contributed by atoms with E-state index in [0.29, 0.717) is 71.9 Å². The van der Waals surface area contributed by atoms with Crippen molar-refractivity contribution in [3.63, 3.8) is 0 Å². The fourth-order valence-corrected chi connectivity index (χ4v) is 14.6. The van der Waals surface area contributed by atoms with E-state index in [1.807, 2.05) is 20.8 Å². The standard InChI is InChI=1S/C90H133N21O19/c1-15-16-31-65(79(121)94-51(6)74(92)116)100-76(118)52(7)95-75(117)54(9)97-88(130)90(14)40-26-29-61-48-111(110-109-61)41-25-18-17-24-39-89(13,108-85(127)70(44-58-27-20-19-21-28-58)105-86(128)73(56(11)112)106-83(125)67(42-49(2)3)99-57(12)113)87(129)98-55(10)78(120)102-69(45-59-33-35-62(114)36-34-59)82(124)104-71(46-60-47-93-64-32-23-22-30-63(60)64)81(123)96-53(8)77(119)101-66(37-38-72(91)115)80(122)103-68(43-50(4)5)84(126)107-90/h19-23,27-28,30,32-36,47-56,65-71,73,93,112,114H,15-18,24-26,29,31,37-46H2,1-14H3,(H2,91,115)(H2,92,116)(H,94,121)(H,95,117)(H,96,123)(H,97,130)(H,98,129)(H,99,113)(H,100,118)(H,101,119)(H,102,120)(H,103,122)(H,104,124)(H,105,128)(H,106,125)(H,107,126)(H,108,127)/t51-,52-,53-,54-,55-,56+,65-,66-,67-,68-,69-,70-,71-,73-,89+,90-/m0/s1. The number of amides is 17. The number of carbonyl (C=O) groups is 17. The van der Waals surface area contributed by atoms with Gasteiger partial charge < -0.3 is 106 Å². The summed E-state index contributed by atoms with van der Waals surface area (Å²) in [6.07, 6.45) is 3.12. The molecule has 2 aromatic heterocycles. The lowest BCUT2D eigenvalue weighted by Crippen LogP contribution is -2.64. The summed E-state index contributed by atoms with van der Waals surface area (Å²) in [5.74, 6) is -15.4. The van der Waals surface area contributed by atoms with E-state index in [4.69, 9.17) is 11.5 Å². The lowest BCUT2D eigenvalue weighted by atomic mass is 9.91. The van der Waals surface area contributed by atoms with E-state index in [1.54, 1.807) is 85.5 Å². The minimum absolute atomic E-state index is 0.0813. The number of fused-ring (bicyclic) bond motifs is 3. The van der Waals surface area contributed by atoms with Crippen LogP contribution in [0.4, 0.5) is 0 Å². The molecule has 6 rings (SSSR count). The first kappa shape index (κ1) is 106. The van der Waals surface area contributed by atoms with Crippen LogP contribution in [0.2, 0.25) is 0 Å². The summed E-state index contributed by atoms with van der Waals surface area (Å²) < 4.78 is 1.59. The van der Waals surface area contributed by atoms with Gasteiger partial charge in [0.25, 0.3) is 0 Å². The Morgan fingerprint density at radius 1 is 0.562 bits per heavy atom. The first-order chi connectivity index (χ1) is 61.3. The van der Waals surface area contributed by atoms with Gasteiger partial charge in [0.2, 0.25) is 100 Å². The number of unbranched alkanes of at least 4 members (excludes halogenated alkanes) is 1. The number of nitrogens with one attached hydrogen (secondary N) is 16. The zero-order valence-electron chi connectivity index (χ0n) is 76.7. The molecule has 22 N–H and O–H groups in total. The van der Waals surface area contributed by atoms with E-state index < -0.39 is 209 Å². The molecule has 712 valence electrons. The topological polar surface area (TPSA) is 610 Å². The smallest absolute Gasteiger partial charge is 0.246 e. The second-order valence-electron chi connectivity index (χ2n) is 35.0. The number of phenolic OH excluding ortho intramolecular Hbond substituents is 1. The molecular formula is C90H133N21O19. The predicted octanol–water partition coefficient (Wildman–Crippen LogP) is 0.0655. The second-order valence-corrected chi connectivity index (χ2v) is 35.0. The molecule has 3 aromatic carbocycles. The Morgan fingerprint density at radius 3 is 1.78 bits per heavy atom. The van der Waals surface area contributed by atoms with Crippen molar-refractivity contribution in [2.45, 2.75) is 315 Å². The highest BCUT2D eigenvalue weighted by molar-refractivity contribution is 6.02. The maximum atomic E-state index is 15.3. The van der Waals surface area contributed by atoms with Crippen LogP contribution in [-0.4, -0.2) is 226 Å². The molecule has 130 heavy (non-hydrogen) atoms. The molecule has 0 saturated carbocycles. The summed E-state index contributed by atoms with van der Waals surface area (Å²) in [6.45, 7) is 21.3. The lowest BCUT2D eigenvalue weighted by molar-refractivity contribution is -0.138. The molecule has 5 aromatic rings. The Bertz CT molecular complexity index is 4750. The Balaban J connectivity index is 1.40. The van der Waals surface area contributed by atoms with E-state index in [-0.39, 0.29) is 88.2 Å². The summed E-state index contributed by atoms with van der Waals surface area (Å²) in [5.41, 5.74) is 9.67. The van der Waals surface area contributed by atoms with Crippen molar-refractivity contribution in [3.8, 4) is 5.75 Å². The van der Waals surface area contributed by atoms with Crippen LogP contribution in [0.25, 0.3) is 10.9 Å². The van der Waals surface area contributed by atoms with Gasteiger partial charge in [-0.3, -0.25) is 86.2 Å². The van der Waals surface area contributed by atoms with Crippen molar-refractivity contribution in [1.29, 1.82) is 0 Å². The lowest BCUT2D eigenvalue weighted by Gasteiger charge is -2.33. The van der Waals surface area contributed by atoms with E-state index in [9.17, 15) is 67.7 Å². The van der Waals surface area contributed by atoms with Gasteiger partial charge in [0.1, 0.15) is 95.4 Å². The largest absolute Gasteiger partial charge is 0.508 e. The highest BCUT2D eigenvalue weighted by atomic mass is 16.3. The number of aromatic hydroxyl groups is 1. The molecule has 40 heteroatoms. The van der Waals surface area contributed by atoms with Gasteiger partial charge in [-0.05, 0) is 160 Å². The van der Waals surface area contributed by atoms with E-state index in [0.717, 1.165) is 0 Å². The van der Waals surface area contributed by atoms with Crippen LogP contribution in [0.3, 0.4) is 0 Å². The molecule has 0 unspecified atom stereocenters. The number of para-hydroxylation sites is 1. The molecule has 0 aliphatic carbocycles. The van der Waals surface area contributed by atoms with Crippen molar-refractivity contribution < 1.29 is 91.7 Å². The number of phenols is 1. The van der Waals surface area contributed by atoms with Crippen molar-refractivity contribution >= 4 is 111 Å². The third kappa shape index (κ3) is 33.9. The Morgan fingerprint density at radius 2 is 1.14 bits per heavy atom. The van der Waals surface area contributed by atoms with Gasteiger partial charge in [0, 0.05) is 62.4 Å². The van der Waals surface area contributed by atoms with E-state index in [2.05, 4.69) is 95.0 Å². The molecule has 0 fully saturated rings. The maximum Gasteiger partial charge on any atom is 0.246 e. The second kappa shape index (κ2) is 50.7. The zero-order chi connectivity index (χ0) is 96.4. The predicted molar refractivity (Wildman–Crippen MR) is 480 cm³/mol. The summed E-state index contributed by atoms with van der Waals surface area (Å²) in [6, 6.07) is 2.66. The summed E-state index contributed by atoms with van der Waals surface area (Å²) in [4.78, 5) is 244. The molecule has 16 atom stereocenters. The van der Waals surface area contributed by atoms with Crippen molar-refractivity contribution in [2.24, 2.45) is 23.3 Å². The van der Waals surface area contributed by atoms with E-state index in [1.165, 1.54) is 86.6 Å². The third-order valence-corrected chi connectivity index (χ3v) is 22.3. The zero-order valence-corrected chi connectivity index (χ0v) is 76.7. The molecule has 0 saturated heterocycles. The number of aryl methyl sites for hydroxylation is 2. The van der Waals surface area contributed by atoms with Crippen molar-refractivity contribution in [3.05, 3.63) is 114 Å². The molecule has 1 aliphatic rings. The Labute approximate surface area is 756 Å². The van der Waals surface area contributed by atoms with Gasteiger partial charge in [-0.15, -0.1) is 5.10 Å². The molecule has 0 spiro atoms. The van der Waals surface area contributed by atoms with Crippen LogP contribution in [0, 0.1) is 11.8 Å². The Hall–Kier alpha value is -12.9. The number of nitrogens with zero attached hydrogens (tertiary/aromatic N) is 3. The first-order valence-corrected chi connectivity index (χ1v) is 44.4. The SMILES string of the molecule is CCCC[C@H](NC(=O)[C@H](C)NC(=O)[C@H](C)NC(=O)[C@]1(C)CCCc2cn(nn2)CCCCCC[C@@](C)(NC(=O)[C@H](Cc2ccccc2)NC(=O)[C@@H](NC(=O)[C@H](CC(C)C)NC(C)=O)[C@@H](C)O)C(=O)N[C@@H](C)C(=O)N[C@@H](Cc2ccc(O)cc2)C(=O)N[C@@H](Cc2c[nH]c3ccccc23)C(=O)N[C@@H](C)C(=O)N[C@@H](CCC(N)=O)C(=O)N[C@@H](CC(C)C)C(=O)N1)C(=O)N[C@@H](C)C(N)=O. The number of carbonyl (C=O) groups excluding carboxylic acids is 17. The first-order valence-electron chi connectivity index (χ1n) is 44.4. The normalized spacial score (nSPS) is 21.8. The minimum atomic E-state index is -1.93. The highest BCUT2D eigenvalue weighted by Gasteiger charge is 2.43. The maximum absolute atomic E-state index is 15.3. The van der Waals surface area contributed by atoms with Gasteiger partial charge >= 0.3 is 0 Å². The number of hydrogen-bond donors (Lipinski definition) is 20. The molecule has 40 nitrogen and oxygen atoms in total. The average Bonchev–Trinajstić information content (AvgIpc) is 1.15. The highest BCUT2D eigenvalue weighted by Crippen LogP contribution is 2.24. The van der Waals surface area contributed by atoms with Crippen molar-refractivity contribution in [2.75, 3.05) is 0 Å². The molecular weight excluding hydrogens is 1680 g/mol. The molecule has 3 heterocycles. The quantitative estimate of drug-likeness (QED) is 0.0264. The monoisotopic (exact) mass is 1810 g/mol. The molecule has 17 amide bonds. The molecule has 1 aliphatic heterocycles. The summed E-state index contributed by atoms with van der Waals surface area (Å²) >= 11 is 0. The van der Waals surface area contributed by atoms with E-state index >= 15 is 24.0 Å². The van der Waals surface area contributed by atoms with Crippen LogP contribution >= 0.6 is 0 Å². The van der Waals surface area contributed by atoms with Crippen LogP contribution in [-0.2, 0) is 114 Å². The summed E-state index contributed by atoms with van der Waals surface area (Å²) in [7, 11) is 0. The number of benzene rings is 3. The number of hydrogen-bond acceptors (Lipinski definition) is 21. The van der Waals surface area contributed by atoms with Gasteiger partial charge in [-0.1, -0.05) is 133 Å². The number of aromatic nitrogens is 4. The van der Waals surface area contributed by atoms with Crippen LogP contribution in [0.5, 0.6) is 5.75 Å². The Kier molecular flexibility index (Phi) is 41.3. The van der Waals surface area contributed by atoms with Gasteiger partial charge in [0.15, 0.2) is 0 Å². The number of nitrogens with two attached hydrogens (primary N) is 2. The van der Waals surface area contributed by atoms with Crippen LogP contribution in [0.1, 0.15) is 209 Å². The van der Waals surface area contributed by atoms with Gasteiger partial charge in [-0.25, -0.2) is 0 Å². The van der Waals surface area contributed by atoms with Crippen molar-refractivity contribution in [1.82, 2.24) is 99.7 Å². The number of aromatic amines is 1. The van der Waals surface area contributed by atoms with Gasteiger partial charge in [-0.2, -0.15) is 0 Å². The number of H-pyrrole nitrogens is 1. The molecule has 0 radical (unpaired) electrons. The van der Waals surface area contributed by atoms with Gasteiger partial charge in [0.05, 0.1) is 11.8 Å². The summed E-state index contributed by atoms with van der Waals surface area (Å²) in [5, 5.41) is 70.5. The van der Waals surface area contributed by atoms with Crippen LogP contribution in [0.15, 0.2) is 91.3 Å².